The number of fused-ring (bicyclic) bond motifs is 1. The summed E-state index contributed by atoms with van der Waals surface area (Å²) in [7, 11) is 0. The van der Waals surface area contributed by atoms with Crippen LogP contribution in [0.4, 0.5) is 0 Å². The summed E-state index contributed by atoms with van der Waals surface area (Å²) in [5.41, 5.74) is 0.508. The van der Waals surface area contributed by atoms with E-state index in [-0.39, 0.29) is 31.5 Å². The molecule has 2 aromatic rings. The van der Waals surface area contributed by atoms with Gasteiger partial charge < -0.3 is 13.1 Å². The largest absolute Gasteiger partial charge is 2.00 e. The van der Waals surface area contributed by atoms with E-state index >= 15 is 0 Å². The van der Waals surface area contributed by atoms with Crippen LogP contribution in [0.5, 0.6) is 0 Å². The molecule has 0 unspecified atom stereocenters. The maximum absolute atomic E-state index is 10.6. The summed E-state index contributed by atoms with van der Waals surface area (Å²) >= 11 is 0. The number of carbonyl (C=O) groups is 2. The quantitative estimate of drug-likeness (QED) is 0.656. The van der Waals surface area contributed by atoms with Crippen molar-refractivity contribution in [3.8, 4) is 0 Å². The van der Waals surface area contributed by atoms with Crippen molar-refractivity contribution in [2.45, 2.75) is 6.92 Å². The number of carboxylic acids is 2. The summed E-state index contributed by atoms with van der Waals surface area (Å²) in [5, 5.41) is 18.7. The van der Waals surface area contributed by atoms with Crippen molar-refractivity contribution in [1.29, 1.82) is 0 Å². The van der Waals surface area contributed by atoms with Gasteiger partial charge in [-0.1, -0.05) is 36.9 Å². The maximum Gasteiger partial charge on any atom is 2.00 e. The van der Waals surface area contributed by atoms with E-state index in [1.807, 2.05) is 30.3 Å². The van der Waals surface area contributed by atoms with Gasteiger partial charge in [0.15, 0.2) is 0 Å². The molecule has 0 aliphatic carbocycles. The molecule has 0 saturated heterocycles. The molecule has 0 amide bonds. The van der Waals surface area contributed by atoms with Gasteiger partial charge in [-0.2, -0.15) is 0 Å². The van der Waals surface area contributed by atoms with Crippen LogP contribution in [0.3, 0.4) is 0 Å². The van der Waals surface area contributed by atoms with Gasteiger partial charge in [0.2, 0.25) is 0 Å². The molecule has 0 saturated carbocycles. The number of rotatable bonds is 2. The third-order valence-corrected chi connectivity index (χ3v) is 2.36. The molecule has 2 N–H and O–H groups in total. The summed E-state index contributed by atoms with van der Waals surface area (Å²) in [6.45, 7) is 4.60. The average molecular weight is 285 g/mol. The molecule has 2 aromatic carbocycles. The van der Waals surface area contributed by atoms with Crippen LogP contribution in [-0.4, -0.2) is 45.2 Å². The van der Waals surface area contributed by atoms with Crippen molar-refractivity contribution in [2.75, 3.05) is 0 Å². The van der Waals surface area contributed by atoms with E-state index in [9.17, 15) is 9.59 Å². The Morgan fingerprint density at radius 2 is 1.55 bits per heavy atom. The molecule has 0 aliphatic rings. The Balaban J connectivity index is -0.000000355. The van der Waals surface area contributed by atoms with E-state index in [1.54, 1.807) is 12.1 Å². The molecule has 0 bridgehead atoms. The predicted molar refractivity (Wildman–Crippen MR) is 81.3 cm³/mol. The number of hydrogen-bond donors (Lipinski definition) is 2. The third-order valence-electron chi connectivity index (χ3n) is 2.36. The van der Waals surface area contributed by atoms with Gasteiger partial charge in [0.25, 0.3) is 0 Å². The van der Waals surface area contributed by atoms with Crippen LogP contribution in [0.15, 0.2) is 54.6 Å². The monoisotopic (exact) mass is 284 g/mol. The Bertz CT molecular complexity index is 632. The Morgan fingerprint density at radius 1 is 1.05 bits per heavy atom. The third kappa shape index (κ3) is 5.42. The van der Waals surface area contributed by atoms with Crippen LogP contribution in [0.1, 0.15) is 20.1 Å². The van der Waals surface area contributed by atoms with Crippen molar-refractivity contribution >= 4 is 45.8 Å². The van der Waals surface area contributed by atoms with Gasteiger partial charge in [-0.3, -0.25) is 0 Å². The average Bonchev–Trinajstić information content (AvgIpc) is 2.38. The van der Waals surface area contributed by atoms with Crippen molar-refractivity contribution in [3.63, 3.8) is 0 Å². The van der Waals surface area contributed by atoms with Gasteiger partial charge in [-0.05, 0) is 29.8 Å². The minimum absolute atomic E-state index is 0. The Morgan fingerprint density at radius 3 is 2.00 bits per heavy atom. The Kier molecular flexibility index (Phi) is 7.57. The first-order chi connectivity index (χ1) is 8.91. The normalized spacial score (nSPS) is 8.85. The molecule has 0 aliphatic heterocycles. The molecular weight excluding hydrogens is 268 g/mol. The molecule has 5 heteroatoms. The number of carboxylic acid groups (broad SMARTS) is 2. The molecule has 102 valence electrons. The molecule has 4 nitrogen and oxygen atoms in total. The van der Waals surface area contributed by atoms with Crippen molar-refractivity contribution < 1.29 is 22.7 Å². The minimum atomic E-state index is -0.935. The molecule has 0 fully saturated rings. The second kappa shape index (κ2) is 8.34. The smallest absolute Gasteiger partial charge is 1.00 e. The van der Waals surface area contributed by atoms with Gasteiger partial charge in [0, 0.05) is 5.57 Å². The van der Waals surface area contributed by atoms with Crippen LogP contribution in [0, 0.1) is 0 Å². The second-order valence-corrected chi connectivity index (χ2v) is 3.95. The van der Waals surface area contributed by atoms with Crippen LogP contribution >= 0.6 is 0 Å². The van der Waals surface area contributed by atoms with Gasteiger partial charge in [0.1, 0.15) is 0 Å². The molecule has 0 aromatic heterocycles. The number of aliphatic carboxylic acids is 1. The SMILES string of the molecule is C=C(C)C(=O)O.O=C(O)c1ccc2ccccc2c1.[H-].[H-].[Mg+2]. The minimum Gasteiger partial charge on any atom is -1.00 e. The van der Waals surface area contributed by atoms with Gasteiger partial charge in [-0.25, -0.2) is 9.59 Å². The zero-order valence-electron chi connectivity index (χ0n) is 13.2. The van der Waals surface area contributed by atoms with E-state index in [2.05, 4.69) is 6.58 Å². The molecule has 0 atom stereocenters. The van der Waals surface area contributed by atoms with Crippen LogP contribution in [-0.2, 0) is 4.79 Å². The van der Waals surface area contributed by atoms with E-state index < -0.39 is 11.9 Å². The van der Waals surface area contributed by atoms with Crippen molar-refractivity contribution in [2.24, 2.45) is 0 Å². The maximum atomic E-state index is 10.6. The zero-order chi connectivity index (χ0) is 14.4. The molecular formula is C15H16MgO4. The molecule has 0 radical (unpaired) electrons. The summed E-state index contributed by atoms with van der Waals surface area (Å²) in [6.07, 6.45) is 0. The first kappa shape index (κ1) is 18.1. The van der Waals surface area contributed by atoms with Crippen LogP contribution in [0.25, 0.3) is 10.8 Å². The number of hydrogen-bond acceptors (Lipinski definition) is 2. The molecule has 0 spiro atoms. The summed E-state index contributed by atoms with van der Waals surface area (Å²) < 4.78 is 0. The number of aromatic carboxylic acids is 1. The Labute approximate surface area is 135 Å². The van der Waals surface area contributed by atoms with E-state index in [1.165, 1.54) is 6.92 Å². The van der Waals surface area contributed by atoms with E-state index in [0.29, 0.717) is 5.56 Å². The topological polar surface area (TPSA) is 74.6 Å². The zero-order valence-corrected chi connectivity index (χ0v) is 12.6. The van der Waals surface area contributed by atoms with Crippen molar-refractivity contribution in [1.82, 2.24) is 0 Å². The van der Waals surface area contributed by atoms with E-state index in [4.69, 9.17) is 10.2 Å². The van der Waals surface area contributed by atoms with Gasteiger partial charge in [0.05, 0.1) is 5.56 Å². The molecule has 20 heavy (non-hydrogen) atoms. The predicted octanol–water partition coefficient (Wildman–Crippen LogP) is 3.03. The fraction of sp³-hybridized carbons (Fsp3) is 0.0667. The summed E-state index contributed by atoms with van der Waals surface area (Å²) in [4.78, 5) is 20.2. The second-order valence-electron chi connectivity index (χ2n) is 3.95. The molecule has 2 rings (SSSR count). The first-order valence-corrected chi connectivity index (χ1v) is 5.52. The standard InChI is InChI=1S/C11H8O2.C4H6O2.Mg.2H/c12-11(13)10-6-5-8-3-1-2-4-9(8)7-10;1-3(2)4(5)6;;;/h1-7H,(H,12,13);1H2,2H3,(H,5,6);;;/q;;+2;2*-1. The van der Waals surface area contributed by atoms with Crippen molar-refractivity contribution in [3.05, 3.63) is 60.2 Å². The molecule has 0 heterocycles. The fourth-order valence-corrected chi connectivity index (χ4v) is 1.32. The van der Waals surface area contributed by atoms with Crippen LogP contribution < -0.4 is 0 Å². The van der Waals surface area contributed by atoms with E-state index in [0.717, 1.165) is 10.8 Å². The van der Waals surface area contributed by atoms with Crippen LogP contribution in [0.2, 0.25) is 0 Å². The first-order valence-electron chi connectivity index (χ1n) is 5.52. The Hall–Kier alpha value is -1.85. The van der Waals surface area contributed by atoms with Gasteiger partial charge in [-0.15, -0.1) is 0 Å². The summed E-state index contributed by atoms with van der Waals surface area (Å²) in [5.74, 6) is -1.82. The number of benzene rings is 2. The van der Waals surface area contributed by atoms with Gasteiger partial charge >= 0.3 is 35.0 Å². The fourth-order valence-electron chi connectivity index (χ4n) is 1.32. The summed E-state index contributed by atoms with van der Waals surface area (Å²) in [6, 6.07) is 12.8.